The molecule has 5 nitrogen and oxygen atoms in total. The molecule has 2 heterocycles. The molecule has 1 saturated heterocycles. The molecule has 1 aromatic heterocycles. The zero-order chi connectivity index (χ0) is 14.3. The Morgan fingerprint density at radius 3 is 2.74 bits per heavy atom. The third kappa shape index (κ3) is 3.20. The van der Waals surface area contributed by atoms with Gasteiger partial charge in [0.25, 0.3) is 0 Å². The summed E-state index contributed by atoms with van der Waals surface area (Å²) in [6.45, 7) is 2.07. The maximum Gasteiger partial charge on any atom is 0.244 e. The molecule has 1 fully saturated rings. The molecule has 1 N–H and O–H groups in total. The highest BCUT2D eigenvalue weighted by Gasteiger charge is 2.35. The topological polar surface area (TPSA) is 70.5 Å². The number of pyridine rings is 1. The fourth-order valence-electron chi connectivity index (χ4n) is 2.07. The number of aliphatic hydroxyl groups is 1. The normalized spacial score (nSPS) is 25.5. The number of hydrogen-bond acceptors (Lipinski definition) is 4. The highest BCUT2D eigenvalue weighted by Crippen LogP contribution is 2.28. The zero-order valence-corrected chi connectivity index (χ0v) is 12.6. The maximum absolute atomic E-state index is 12.4. The van der Waals surface area contributed by atoms with Crippen LogP contribution in [0.4, 0.5) is 0 Å². The smallest absolute Gasteiger partial charge is 0.244 e. The lowest BCUT2D eigenvalue weighted by Crippen LogP contribution is -2.48. The van der Waals surface area contributed by atoms with Crippen molar-refractivity contribution in [2.45, 2.75) is 30.3 Å². The van der Waals surface area contributed by atoms with E-state index in [-0.39, 0.29) is 21.6 Å². The van der Waals surface area contributed by atoms with Crippen molar-refractivity contribution in [3.8, 4) is 0 Å². The van der Waals surface area contributed by atoms with Crippen molar-refractivity contribution in [3.63, 3.8) is 0 Å². The van der Waals surface area contributed by atoms with Crippen molar-refractivity contribution in [1.29, 1.82) is 0 Å². The van der Waals surface area contributed by atoms with Gasteiger partial charge in [0.05, 0.1) is 10.6 Å². The monoisotopic (exact) mass is 324 g/mol. The van der Waals surface area contributed by atoms with Crippen LogP contribution < -0.4 is 0 Å². The van der Waals surface area contributed by atoms with Crippen LogP contribution in [-0.2, 0) is 10.0 Å². The average Bonchev–Trinajstić information content (AvgIpc) is 2.31. The quantitative estimate of drug-likeness (QED) is 0.844. The van der Waals surface area contributed by atoms with Crippen LogP contribution in [0.25, 0.3) is 0 Å². The Morgan fingerprint density at radius 1 is 1.47 bits per heavy atom. The Balaban J connectivity index is 2.34. The van der Waals surface area contributed by atoms with Gasteiger partial charge in [-0.2, -0.15) is 4.31 Å². The minimum atomic E-state index is -3.70. The van der Waals surface area contributed by atoms with Crippen LogP contribution in [0, 0.1) is 0 Å². The first kappa shape index (κ1) is 15.0. The van der Waals surface area contributed by atoms with Gasteiger partial charge in [0, 0.05) is 19.3 Å². The number of hydrogen-bond donors (Lipinski definition) is 1. The van der Waals surface area contributed by atoms with Gasteiger partial charge in [-0.25, -0.2) is 13.4 Å². The first-order chi connectivity index (χ1) is 8.72. The van der Waals surface area contributed by atoms with Crippen LogP contribution in [-0.4, -0.2) is 41.5 Å². The largest absolute Gasteiger partial charge is 0.389 e. The predicted molar refractivity (Wildman–Crippen MR) is 72.9 cm³/mol. The fourth-order valence-corrected chi connectivity index (χ4v) is 3.98. The number of rotatable bonds is 2. The molecule has 1 atom stereocenters. The first-order valence-electron chi connectivity index (χ1n) is 5.76. The van der Waals surface area contributed by atoms with E-state index in [9.17, 15) is 13.5 Å². The standard InChI is InChI=1S/C11H14Cl2N2O3S/c1-11(16)3-2-4-15(7-11)19(17,18)8-5-9(12)10(13)14-6-8/h5-6,16H,2-4,7H2,1H3. The predicted octanol–water partition coefficient (Wildman–Crippen LogP) is 1.92. The summed E-state index contributed by atoms with van der Waals surface area (Å²) in [5, 5.41) is 10.1. The summed E-state index contributed by atoms with van der Waals surface area (Å²) < 4.78 is 26.1. The highest BCUT2D eigenvalue weighted by atomic mass is 35.5. The van der Waals surface area contributed by atoms with Crippen LogP contribution in [0.2, 0.25) is 10.2 Å². The Morgan fingerprint density at radius 2 is 2.16 bits per heavy atom. The summed E-state index contributed by atoms with van der Waals surface area (Å²) in [6.07, 6.45) is 2.37. The number of halogens is 2. The molecule has 0 amide bonds. The van der Waals surface area contributed by atoms with Crippen molar-refractivity contribution in [1.82, 2.24) is 9.29 Å². The van der Waals surface area contributed by atoms with Crippen LogP contribution in [0.3, 0.4) is 0 Å². The summed E-state index contributed by atoms with van der Waals surface area (Å²) in [5.41, 5.74) is -1.00. The molecule has 2 rings (SSSR count). The summed E-state index contributed by atoms with van der Waals surface area (Å²) in [5.74, 6) is 0. The van der Waals surface area contributed by atoms with Gasteiger partial charge in [0.1, 0.15) is 10.0 Å². The molecule has 0 aromatic carbocycles. The minimum Gasteiger partial charge on any atom is -0.389 e. The minimum absolute atomic E-state index is 0.0143. The number of sulfonamides is 1. The molecule has 8 heteroatoms. The van der Waals surface area contributed by atoms with Gasteiger partial charge in [0.15, 0.2) is 0 Å². The van der Waals surface area contributed by atoms with Gasteiger partial charge in [-0.15, -0.1) is 0 Å². The van der Waals surface area contributed by atoms with Gasteiger partial charge in [-0.3, -0.25) is 0 Å². The van der Waals surface area contributed by atoms with E-state index in [2.05, 4.69) is 4.98 Å². The van der Waals surface area contributed by atoms with Crippen LogP contribution in [0.5, 0.6) is 0 Å². The van der Waals surface area contributed by atoms with Crippen molar-refractivity contribution >= 4 is 33.2 Å². The summed E-state index contributed by atoms with van der Waals surface area (Å²) in [4.78, 5) is 3.73. The zero-order valence-electron chi connectivity index (χ0n) is 10.3. The lowest BCUT2D eigenvalue weighted by atomic mass is 9.97. The van der Waals surface area contributed by atoms with Crippen LogP contribution >= 0.6 is 23.2 Å². The molecule has 1 aromatic rings. The summed E-state index contributed by atoms with van der Waals surface area (Å²) >= 11 is 11.5. The summed E-state index contributed by atoms with van der Waals surface area (Å²) in [6, 6.07) is 1.27. The molecule has 19 heavy (non-hydrogen) atoms. The van der Waals surface area contributed by atoms with E-state index < -0.39 is 15.6 Å². The second-order valence-corrected chi connectivity index (χ2v) is 7.59. The van der Waals surface area contributed by atoms with Gasteiger partial charge < -0.3 is 5.11 Å². The van der Waals surface area contributed by atoms with E-state index in [4.69, 9.17) is 23.2 Å². The fraction of sp³-hybridized carbons (Fsp3) is 0.545. The Kier molecular flexibility index (Phi) is 4.09. The second-order valence-electron chi connectivity index (χ2n) is 4.88. The van der Waals surface area contributed by atoms with Crippen molar-refractivity contribution in [3.05, 3.63) is 22.4 Å². The second kappa shape index (κ2) is 5.18. The lowest BCUT2D eigenvalue weighted by Gasteiger charge is -2.35. The molecule has 0 saturated carbocycles. The molecule has 0 bridgehead atoms. The van der Waals surface area contributed by atoms with Gasteiger partial charge in [-0.1, -0.05) is 23.2 Å². The third-order valence-electron chi connectivity index (χ3n) is 3.05. The van der Waals surface area contributed by atoms with Crippen LogP contribution in [0.15, 0.2) is 17.2 Å². The highest BCUT2D eigenvalue weighted by molar-refractivity contribution is 7.89. The molecule has 1 aliphatic rings. The number of piperidine rings is 1. The van der Waals surface area contributed by atoms with E-state index >= 15 is 0 Å². The van der Waals surface area contributed by atoms with Gasteiger partial charge >= 0.3 is 0 Å². The van der Waals surface area contributed by atoms with Crippen LogP contribution in [0.1, 0.15) is 19.8 Å². The molecule has 0 spiro atoms. The molecule has 1 aliphatic heterocycles. The van der Waals surface area contributed by atoms with E-state index in [1.807, 2.05) is 0 Å². The van der Waals surface area contributed by atoms with E-state index in [1.165, 1.54) is 16.6 Å². The number of β-amino-alcohol motifs (C(OH)–C–C–N with tert-alkyl or cyclic N) is 1. The Hall–Kier alpha value is -0.400. The molecule has 1 unspecified atom stereocenters. The van der Waals surface area contributed by atoms with Crippen molar-refractivity contribution in [2.24, 2.45) is 0 Å². The Labute approximate surface area is 122 Å². The van der Waals surface area contributed by atoms with Gasteiger partial charge in [-0.05, 0) is 25.8 Å². The average molecular weight is 325 g/mol. The Bertz CT molecular complexity index is 590. The molecule has 106 valence electrons. The van der Waals surface area contributed by atoms with Crippen molar-refractivity contribution < 1.29 is 13.5 Å². The van der Waals surface area contributed by atoms with E-state index in [1.54, 1.807) is 6.92 Å². The first-order valence-corrected chi connectivity index (χ1v) is 7.95. The van der Waals surface area contributed by atoms with E-state index in [0.717, 1.165) is 0 Å². The van der Waals surface area contributed by atoms with E-state index in [0.29, 0.717) is 19.4 Å². The SMILES string of the molecule is CC1(O)CCCN(S(=O)(=O)c2cnc(Cl)c(Cl)c2)C1. The molecular weight excluding hydrogens is 311 g/mol. The van der Waals surface area contributed by atoms with Crippen molar-refractivity contribution in [2.75, 3.05) is 13.1 Å². The van der Waals surface area contributed by atoms with Gasteiger partial charge in [0.2, 0.25) is 10.0 Å². The molecule has 0 aliphatic carbocycles. The molecular formula is C11H14Cl2N2O3S. The number of nitrogens with zero attached hydrogens (tertiary/aromatic N) is 2. The number of aromatic nitrogens is 1. The molecule has 0 radical (unpaired) electrons. The third-order valence-corrected chi connectivity index (χ3v) is 5.55. The summed E-state index contributed by atoms with van der Waals surface area (Å²) in [7, 11) is -3.70. The maximum atomic E-state index is 12.4. The lowest BCUT2D eigenvalue weighted by molar-refractivity contribution is 0.00939.